The van der Waals surface area contributed by atoms with Crippen molar-refractivity contribution in [2.45, 2.75) is 0 Å². The van der Waals surface area contributed by atoms with Gasteiger partial charge in [0.25, 0.3) is 0 Å². The maximum Gasteiger partial charge on any atom is 0.150 e. The molecule has 134 valence electrons. The largest absolute Gasteiger partial charge is 0.355 e. The number of carbonyl (C=O) groups excluding carboxylic acids is 2. The molecule has 0 saturated carbocycles. The molecule has 0 spiro atoms. The summed E-state index contributed by atoms with van der Waals surface area (Å²) < 4.78 is 0. The second-order valence-corrected chi connectivity index (χ2v) is 6.87. The van der Waals surface area contributed by atoms with E-state index >= 15 is 0 Å². The van der Waals surface area contributed by atoms with E-state index in [1.165, 1.54) is 11.4 Å². The molecule has 0 unspecified atom stereocenters. The highest BCUT2D eigenvalue weighted by Gasteiger charge is 2.27. The van der Waals surface area contributed by atoms with Crippen molar-refractivity contribution in [1.29, 1.82) is 0 Å². The fourth-order valence-electron chi connectivity index (χ4n) is 3.76. The lowest BCUT2D eigenvalue weighted by molar-refractivity contribution is 0.111. The highest BCUT2D eigenvalue weighted by Crippen LogP contribution is 2.47. The minimum absolute atomic E-state index is 0.674. The highest BCUT2D eigenvalue weighted by molar-refractivity contribution is 5.99. The van der Waals surface area contributed by atoms with E-state index in [-0.39, 0.29) is 0 Å². The molecule has 0 amide bonds. The van der Waals surface area contributed by atoms with Crippen molar-refractivity contribution in [3.63, 3.8) is 0 Å². The van der Waals surface area contributed by atoms with Crippen LogP contribution in [0.2, 0.25) is 0 Å². The van der Waals surface area contributed by atoms with Crippen LogP contribution >= 0.6 is 0 Å². The molecule has 0 aliphatic carbocycles. The van der Waals surface area contributed by atoms with Gasteiger partial charge in [-0.2, -0.15) is 0 Å². The van der Waals surface area contributed by atoms with Crippen LogP contribution in [0.1, 0.15) is 20.7 Å². The Kier molecular flexibility index (Phi) is 4.24. The van der Waals surface area contributed by atoms with Crippen molar-refractivity contribution in [1.82, 2.24) is 0 Å². The molecule has 0 saturated heterocycles. The third-order valence-electron chi connectivity index (χ3n) is 5.05. The van der Waals surface area contributed by atoms with Crippen LogP contribution in [0.3, 0.4) is 0 Å². The summed E-state index contributed by atoms with van der Waals surface area (Å²) in [7, 11) is 4.18. The standard InChI is InChI=1S/C23H20N2O2/c1-24-15-25(2)23-21(19-9-5-17(14-27)6-10-19)12-11-20(22(23)24)18-7-3-16(13-26)4-8-18/h3-14H,15H2,1-2H3. The van der Waals surface area contributed by atoms with Gasteiger partial charge in [0.2, 0.25) is 0 Å². The normalized spacial score (nSPS) is 12.8. The molecule has 3 aromatic carbocycles. The molecule has 4 rings (SSSR count). The molecule has 4 nitrogen and oxygen atoms in total. The lowest BCUT2D eigenvalue weighted by Crippen LogP contribution is -2.24. The molecule has 1 aliphatic heterocycles. The first-order valence-corrected chi connectivity index (χ1v) is 8.83. The molecule has 3 aromatic rings. The second kappa shape index (κ2) is 6.72. The minimum Gasteiger partial charge on any atom is -0.355 e. The Hall–Kier alpha value is -3.40. The van der Waals surface area contributed by atoms with Crippen LogP contribution in [0.5, 0.6) is 0 Å². The van der Waals surface area contributed by atoms with Gasteiger partial charge < -0.3 is 9.80 Å². The van der Waals surface area contributed by atoms with E-state index in [1.54, 1.807) is 0 Å². The van der Waals surface area contributed by atoms with Crippen molar-refractivity contribution in [3.05, 3.63) is 71.8 Å². The number of rotatable bonds is 4. The first-order valence-electron chi connectivity index (χ1n) is 8.83. The zero-order chi connectivity index (χ0) is 19.0. The Morgan fingerprint density at radius 1 is 0.630 bits per heavy atom. The van der Waals surface area contributed by atoms with E-state index in [1.807, 2.05) is 48.5 Å². The van der Waals surface area contributed by atoms with Crippen molar-refractivity contribution >= 4 is 23.9 Å². The number of aldehydes is 2. The van der Waals surface area contributed by atoms with Crippen LogP contribution in [0.15, 0.2) is 60.7 Å². The van der Waals surface area contributed by atoms with Gasteiger partial charge in [0, 0.05) is 36.3 Å². The topological polar surface area (TPSA) is 40.6 Å². The summed E-state index contributed by atoms with van der Waals surface area (Å²) in [6.45, 7) is 0.804. The molecule has 27 heavy (non-hydrogen) atoms. The molecule has 0 radical (unpaired) electrons. The van der Waals surface area contributed by atoms with Gasteiger partial charge in [-0.25, -0.2) is 0 Å². The molecule has 0 atom stereocenters. The van der Waals surface area contributed by atoms with Gasteiger partial charge in [0.15, 0.2) is 0 Å². The highest BCUT2D eigenvalue weighted by atomic mass is 16.1. The molecule has 0 fully saturated rings. The van der Waals surface area contributed by atoms with Gasteiger partial charge in [-0.15, -0.1) is 0 Å². The summed E-state index contributed by atoms with van der Waals surface area (Å²) in [6, 6.07) is 19.6. The maximum absolute atomic E-state index is 10.9. The predicted molar refractivity (Wildman–Crippen MR) is 110 cm³/mol. The Morgan fingerprint density at radius 3 is 1.33 bits per heavy atom. The predicted octanol–water partition coefficient (Wildman–Crippen LogP) is 4.49. The van der Waals surface area contributed by atoms with Crippen LogP contribution in [-0.4, -0.2) is 33.3 Å². The third kappa shape index (κ3) is 2.89. The Balaban J connectivity index is 1.88. The summed E-state index contributed by atoms with van der Waals surface area (Å²) in [5.41, 5.74) is 8.15. The van der Waals surface area contributed by atoms with Crippen LogP contribution < -0.4 is 9.80 Å². The molecule has 1 aliphatic rings. The first kappa shape index (κ1) is 17.0. The summed E-state index contributed by atoms with van der Waals surface area (Å²) in [4.78, 5) is 26.4. The SMILES string of the molecule is CN1CN(C)c2c(-c3ccc(C=O)cc3)ccc(-c3ccc(C=O)cc3)c21. The minimum atomic E-state index is 0.674. The van der Waals surface area contributed by atoms with E-state index in [9.17, 15) is 9.59 Å². The van der Waals surface area contributed by atoms with Gasteiger partial charge in [0.05, 0.1) is 18.0 Å². The van der Waals surface area contributed by atoms with E-state index in [0.717, 1.165) is 41.5 Å². The fraction of sp³-hybridized carbons (Fsp3) is 0.130. The smallest absolute Gasteiger partial charge is 0.150 e. The van der Waals surface area contributed by atoms with Gasteiger partial charge in [-0.1, -0.05) is 60.7 Å². The number of benzene rings is 3. The van der Waals surface area contributed by atoms with Gasteiger partial charge in [-0.05, 0) is 11.1 Å². The third-order valence-corrected chi connectivity index (χ3v) is 5.05. The van der Waals surface area contributed by atoms with Crippen LogP contribution in [0.4, 0.5) is 11.4 Å². The summed E-state index contributed by atoms with van der Waals surface area (Å²) in [5, 5.41) is 0. The van der Waals surface area contributed by atoms with E-state index in [4.69, 9.17) is 0 Å². The van der Waals surface area contributed by atoms with Crippen molar-refractivity contribution in [3.8, 4) is 22.3 Å². The Morgan fingerprint density at radius 2 is 1.00 bits per heavy atom. The zero-order valence-electron chi connectivity index (χ0n) is 15.3. The van der Waals surface area contributed by atoms with Crippen molar-refractivity contribution < 1.29 is 9.59 Å². The Labute approximate surface area is 158 Å². The lowest BCUT2D eigenvalue weighted by atomic mass is 9.95. The summed E-state index contributed by atoms with van der Waals surface area (Å²) >= 11 is 0. The van der Waals surface area contributed by atoms with Gasteiger partial charge in [0.1, 0.15) is 12.6 Å². The fourth-order valence-corrected chi connectivity index (χ4v) is 3.76. The number of anilines is 2. The van der Waals surface area contributed by atoms with E-state index in [2.05, 4.69) is 36.0 Å². The second-order valence-electron chi connectivity index (χ2n) is 6.87. The molecular weight excluding hydrogens is 336 g/mol. The van der Waals surface area contributed by atoms with Crippen molar-refractivity contribution in [2.24, 2.45) is 0 Å². The average molecular weight is 356 g/mol. The van der Waals surface area contributed by atoms with E-state index < -0.39 is 0 Å². The van der Waals surface area contributed by atoms with Crippen LogP contribution in [0.25, 0.3) is 22.3 Å². The van der Waals surface area contributed by atoms with Gasteiger partial charge >= 0.3 is 0 Å². The summed E-state index contributed by atoms with van der Waals surface area (Å²) in [6.07, 6.45) is 1.72. The zero-order valence-corrected chi connectivity index (χ0v) is 15.3. The van der Waals surface area contributed by atoms with Crippen LogP contribution in [0, 0.1) is 0 Å². The molecule has 0 N–H and O–H groups in total. The molecule has 0 aromatic heterocycles. The van der Waals surface area contributed by atoms with E-state index in [0.29, 0.717) is 11.1 Å². The number of nitrogens with zero attached hydrogens (tertiary/aromatic N) is 2. The number of carbonyl (C=O) groups is 2. The summed E-state index contributed by atoms with van der Waals surface area (Å²) in [5.74, 6) is 0. The number of fused-ring (bicyclic) bond motifs is 1. The quantitative estimate of drug-likeness (QED) is 0.646. The maximum atomic E-state index is 10.9. The molecule has 4 heteroatoms. The molecule has 0 bridgehead atoms. The van der Waals surface area contributed by atoms with Gasteiger partial charge in [-0.3, -0.25) is 9.59 Å². The van der Waals surface area contributed by atoms with Crippen LogP contribution in [-0.2, 0) is 0 Å². The molecule has 1 heterocycles. The molecular formula is C23H20N2O2. The van der Waals surface area contributed by atoms with Crippen molar-refractivity contribution in [2.75, 3.05) is 30.6 Å². The average Bonchev–Trinajstić information content (AvgIpc) is 3.02. The first-order chi connectivity index (χ1) is 13.1. The Bertz CT molecular complexity index is 925. The number of hydrogen-bond acceptors (Lipinski definition) is 4. The number of hydrogen-bond donors (Lipinski definition) is 0. The monoisotopic (exact) mass is 356 g/mol. The lowest BCUT2D eigenvalue weighted by Gasteiger charge is -2.18.